The van der Waals surface area contributed by atoms with Crippen molar-refractivity contribution in [1.82, 2.24) is 0 Å². The number of allylic oxidation sites excluding steroid dienone is 2. The van der Waals surface area contributed by atoms with Crippen LogP contribution < -0.4 is 0 Å². The molecule has 0 atom stereocenters. The minimum atomic E-state index is 1.32. The van der Waals surface area contributed by atoms with Gasteiger partial charge in [-0.2, -0.15) is 0 Å². The summed E-state index contributed by atoms with van der Waals surface area (Å²) in [6, 6.07) is 0. The van der Waals surface area contributed by atoms with Crippen LogP contribution in [0.15, 0.2) is 22.5 Å². The Labute approximate surface area is 69.3 Å². The van der Waals surface area contributed by atoms with Crippen LogP contribution in [0.1, 0.15) is 0 Å². The molecule has 0 amide bonds. The van der Waals surface area contributed by atoms with Gasteiger partial charge in [0.15, 0.2) is 6.21 Å². The first-order valence-corrected chi connectivity index (χ1v) is 5.22. The van der Waals surface area contributed by atoms with E-state index in [4.69, 9.17) is 0 Å². The van der Waals surface area contributed by atoms with Gasteiger partial charge in [-0.15, -0.1) is 0 Å². The Kier molecular flexibility index (Phi) is 3.09. The molecule has 1 aliphatic rings. The molecule has 0 aliphatic carbocycles. The van der Waals surface area contributed by atoms with E-state index < -0.39 is 0 Å². The van der Waals surface area contributed by atoms with Gasteiger partial charge in [0, 0.05) is 11.0 Å². The van der Waals surface area contributed by atoms with E-state index in [-0.39, 0.29) is 0 Å². The van der Waals surface area contributed by atoms with Crippen LogP contribution in [0.25, 0.3) is 0 Å². The van der Waals surface area contributed by atoms with Crippen LogP contribution in [0.4, 0.5) is 0 Å². The SMILES string of the molecule is C[N+](C)=C/C=C1/C=CSS1. The lowest BCUT2D eigenvalue weighted by Gasteiger charge is -1.84. The van der Waals surface area contributed by atoms with Gasteiger partial charge in [-0.05, 0) is 11.5 Å². The van der Waals surface area contributed by atoms with E-state index in [0.717, 1.165) is 0 Å². The van der Waals surface area contributed by atoms with Gasteiger partial charge in [0.05, 0.1) is 0 Å². The van der Waals surface area contributed by atoms with Gasteiger partial charge in [-0.3, -0.25) is 0 Å². The van der Waals surface area contributed by atoms with E-state index in [1.165, 1.54) is 4.91 Å². The lowest BCUT2D eigenvalue weighted by atomic mass is 10.5. The van der Waals surface area contributed by atoms with Gasteiger partial charge in [0.25, 0.3) is 0 Å². The maximum absolute atomic E-state index is 2.12. The van der Waals surface area contributed by atoms with Gasteiger partial charge in [0.2, 0.25) is 0 Å². The van der Waals surface area contributed by atoms with Crippen molar-refractivity contribution in [3.63, 3.8) is 0 Å². The average molecular weight is 172 g/mol. The molecule has 0 saturated heterocycles. The quantitative estimate of drug-likeness (QED) is 0.338. The monoisotopic (exact) mass is 172 g/mol. The maximum atomic E-state index is 2.12. The Bertz CT molecular complexity index is 200. The van der Waals surface area contributed by atoms with Crippen LogP contribution in [0.2, 0.25) is 0 Å². The molecule has 0 saturated carbocycles. The topological polar surface area (TPSA) is 3.01 Å². The normalized spacial score (nSPS) is 20.0. The molecule has 0 radical (unpaired) electrons. The van der Waals surface area contributed by atoms with Gasteiger partial charge in [-0.25, -0.2) is 4.58 Å². The molecule has 54 valence electrons. The molecular formula is C7H10NS2+. The highest BCUT2D eigenvalue weighted by Crippen LogP contribution is 2.37. The summed E-state index contributed by atoms with van der Waals surface area (Å²) in [6.45, 7) is 0. The molecule has 0 fully saturated rings. The average Bonchev–Trinajstić information content (AvgIpc) is 2.34. The van der Waals surface area contributed by atoms with Gasteiger partial charge in [0.1, 0.15) is 14.1 Å². The molecule has 0 spiro atoms. The predicted molar refractivity (Wildman–Crippen MR) is 50.6 cm³/mol. The molecule has 0 aromatic rings. The number of rotatable bonds is 1. The Morgan fingerprint density at radius 3 is 2.80 bits per heavy atom. The predicted octanol–water partition coefficient (Wildman–Crippen LogP) is 2.12. The second-order valence-corrected chi connectivity index (χ2v) is 4.34. The molecule has 0 aromatic heterocycles. The molecule has 1 rings (SSSR count). The van der Waals surface area contributed by atoms with E-state index in [2.05, 4.69) is 23.8 Å². The first-order chi connectivity index (χ1) is 4.79. The molecule has 1 aliphatic heterocycles. The fraction of sp³-hybridized carbons (Fsp3) is 0.286. The summed E-state index contributed by atoms with van der Waals surface area (Å²) >= 11 is 0. The second kappa shape index (κ2) is 3.88. The maximum Gasteiger partial charge on any atom is 0.164 e. The summed E-state index contributed by atoms with van der Waals surface area (Å²) in [5, 5.41) is 2.10. The van der Waals surface area contributed by atoms with E-state index in [0.29, 0.717) is 0 Å². The molecular weight excluding hydrogens is 162 g/mol. The Hall–Kier alpha value is -0.150. The van der Waals surface area contributed by atoms with Crippen LogP contribution >= 0.6 is 21.6 Å². The molecule has 10 heavy (non-hydrogen) atoms. The molecule has 3 heteroatoms. The third kappa shape index (κ3) is 2.62. The largest absolute Gasteiger partial charge is 0.241 e. The fourth-order valence-electron chi connectivity index (χ4n) is 0.512. The Balaban J connectivity index is 2.55. The van der Waals surface area contributed by atoms with E-state index >= 15 is 0 Å². The summed E-state index contributed by atoms with van der Waals surface area (Å²) in [6.07, 6.45) is 6.29. The third-order valence-electron chi connectivity index (χ3n) is 0.969. The number of nitrogens with zero attached hydrogens (tertiary/aromatic N) is 1. The van der Waals surface area contributed by atoms with Gasteiger partial charge < -0.3 is 0 Å². The highest BCUT2D eigenvalue weighted by Gasteiger charge is 1.98. The highest BCUT2D eigenvalue weighted by molar-refractivity contribution is 8.79. The van der Waals surface area contributed by atoms with Crippen LogP contribution in [0.3, 0.4) is 0 Å². The van der Waals surface area contributed by atoms with Crippen LogP contribution in [-0.2, 0) is 0 Å². The first kappa shape index (κ1) is 7.95. The number of hydrogen-bond donors (Lipinski definition) is 0. The Morgan fingerprint density at radius 2 is 2.30 bits per heavy atom. The van der Waals surface area contributed by atoms with E-state index in [1.54, 1.807) is 21.6 Å². The van der Waals surface area contributed by atoms with Crippen LogP contribution in [-0.4, -0.2) is 24.9 Å². The molecule has 0 unspecified atom stereocenters. The minimum Gasteiger partial charge on any atom is -0.241 e. The molecule has 1 nitrogen and oxygen atoms in total. The molecule has 0 aromatic carbocycles. The molecule has 0 N–H and O–H groups in total. The highest BCUT2D eigenvalue weighted by atomic mass is 33.1. The van der Waals surface area contributed by atoms with Crippen molar-refractivity contribution in [2.24, 2.45) is 0 Å². The first-order valence-electron chi connectivity index (χ1n) is 3.00. The summed E-state index contributed by atoms with van der Waals surface area (Å²) in [5.74, 6) is 0. The summed E-state index contributed by atoms with van der Waals surface area (Å²) < 4.78 is 2.03. The second-order valence-electron chi connectivity index (χ2n) is 2.16. The minimum absolute atomic E-state index is 1.32. The van der Waals surface area contributed by atoms with E-state index in [9.17, 15) is 0 Å². The van der Waals surface area contributed by atoms with Crippen molar-refractivity contribution in [3.8, 4) is 0 Å². The van der Waals surface area contributed by atoms with Crippen LogP contribution in [0, 0.1) is 0 Å². The fourth-order valence-corrected chi connectivity index (χ4v) is 2.21. The molecule has 1 heterocycles. The lowest BCUT2D eigenvalue weighted by molar-refractivity contribution is -0.458. The third-order valence-corrected chi connectivity index (χ3v) is 2.98. The zero-order valence-electron chi connectivity index (χ0n) is 6.07. The smallest absolute Gasteiger partial charge is 0.164 e. The Morgan fingerprint density at radius 1 is 1.50 bits per heavy atom. The zero-order valence-corrected chi connectivity index (χ0v) is 7.71. The summed E-state index contributed by atoms with van der Waals surface area (Å²) in [5.41, 5.74) is 0. The van der Waals surface area contributed by atoms with Crippen molar-refractivity contribution < 1.29 is 4.58 Å². The molecule has 0 bridgehead atoms. The standard InChI is InChI=1S/C7H10NS2/c1-8(2)5-3-7-4-6-9-10-7/h3-6H,1-2H3/q+1/b7-3-. The summed E-state index contributed by atoms with van der Waals surface area (Å²) in [7, 11) is 7.60. The van der Waals surface area contributed by atoms with Crippen molar-refractivity contribution in [2.75, 3.05) is 14.1 Å². The van der Waals surface area contributed by atoms with Crippen molar-refractivity contribution in [1.29, 1.82) is 0 Å². The van der Waals surface area contributed by atoms with Gasteiger partial charge in [-0.1, -0.05) is 21.6 Å². The summed E-state index contributed by atoms with van der Waals surface area (Å²) in [4.78, 5) is 1.32. The lowest BCUT2D eigenvalue weighted by Crippen LogP contribution is -1.95. The van der Waals surface area contributed by atoms with E-state index in [1.807, 2.05) is 18.7 Å². The zero-order chi connectivity index (χ0) is 7.40. The van der Waals surface area contributed by atoms with Crippen molar-refractivity contribution in [2.45, 2.75) is 0 Å². The van der Waals surface area contributed by atoms with Crippen molar-refractivity contribution >= 4 is 27.8 Å². The van der Waals surface area contributed by atoms with Crippen molar-refractivity contribution in [3.05, 3.63) is 22.5 Å². The van der Waals surface area contributed by atoms with Gasteiger partial charge >= 0.3 is 0 Å². The number of hydrogen-bond acceptors (Lipinski definition) is 2. The van der Waals surface area contributed by atoms with Crippen LogP contribution in [0.5, 0.6) is 0 Å².